The number of nitrogens with zero attached hydrogens (tertiary/aromatic N) is 1. The van der Waals surface area contributed by atoms with E-state index in [0.29, 0.717) is 5.75 Å². The van der Waals surface area contributed by atoms with Gasteiger partial charge in [0.05, 0.1) is 5.75 Å². The van der Waals surface area contributed by atoms with Gasteiger partial charge in [-0.15, -0.1) is 11.8 Å². The second kappa shape index (κ2) is 5.97. The van der Waals surface area contributed by atoms with Crippen LogP contribution in [-0.4, -0.2) is 52.5 Å². The van der Waals surface area contributed by atoms with Gasteiger partial charge >= 0.3 is 5.97 Å². The van der Waals surface area contributed by atoms with Gasteiger partial charge in [-0.25, -0.2) is 0 Å². The van der Waals surface area contributed by atoms with Crippen molar-refractivity contribution in [3.63, 3.8) is 0 Å². The van der Waals surface area contributed by atoms with Gasteiger partial charge in [-0.2, -0.15) is 0 Å². The molecule has 0 bridgehead atoms. The third-order valence-electron chi connectivity index (χ3n) is 2.30. The number of carboxylic acids is 1. The molecule has 0 saturated carbocycles. The van der Waals surface area contributed by atoms with E-state index in [1.165, 1.54) is 11.8 Å². The van der Waals surface area contributed by atoms with E-state index < -0.39 is 12.0 Å². The molecule has 0 unspecified atom stereocenters. The summed E-state index contributed by atoms with van der Waals surface area (Å²) in [6.45, 7) is 1.68. The summed E-state index contributed by atoms with van der Waals surface area (Å²) < 4.78 is 0. The van der Waals surface area contributed by atoms with E-state index in [1.54, 1.807) is 0 Å². The Morgan fingerprint density at radius 1 is 1.40 bits per heavy atom. The number of thioether (sulfide) groups is 1. The lowest BCUT2D eigenvalue weighted by atomic mass is 10.4. The van der Waals surface area contributed by atoms with Crippen molar-refractivity contribution in [2.45, 2.75) is 18.9 Å². The lowest BCUT2D eigenvalue weighted by molar-refractivity contribution is -0.138. The average Bonchev–Trinajstić information content (AvgIpc) is 2.70. The number of amides is 1. The number of carbonyl (C=O) groups is 2. The predicted molar refractivity (Wildman–Crippen MR) is 58.8 cm³/mol. The van der Waals surface area contributed by atoms with Crippen LogP contribution in [0.2, 0.25) is 0 Å². The van der Waals surface area contributed by atoms with E-state index in [4.69, 9.17) is 10.8 Å². The van der Waals surface area contributed by atoms with Gasteiger partial charge in [0.1, 0.15) is 6.04 Å². The van der Waals surface area contributed by atoms with E-state index in [-0.39, 0.29) is 11.7 Å². The first kappa shape index (κ1) is 12.3. The Kier molecular flexibility index (Phi) is 4.90. The molecular weight excluding hydrogens is 216 g/mol. The second-order valence-electron chi connectivity index (χ2n) is 3.55. The Morgan fingerprint density at radius 3 is 2.53 bits per heavy atom. The molecule has 1 atom stereocenters. The van der Waals surface area contributed by atoms with Crippen LogP contribution < -0.4 is 5.73 Å². The zero-order chi connectivity index (χ0) is 11.3. The molecular formula is C9H16N2O3S. The van der Waals surface area contributed by atoms with Crippen LogP contribution in [0.25, 0.3) is 0 Å². The standard InChI is InChI=1S/C9H16N2O3S/c10-7(9(13)14)5-15-6-8(12)11-3-1-2-4-11/h7H,1-6,10H2,(H,13,14)/t7-/m0/s1. The molecule has 1 aliphatic heterocycles. The number of aliphatic carboxylic acids is 1. The van der Waals surface area contributed by atoms with Crippen molar-refractivity contribution in [2.75, 3.05) is 24.6 Å². The van der Waals surface area contributed by atoms with Gasteiger partial charge in [0, 0.05) is 18.8 Å². The highest BCUT2D eigenvalue weighted by atomic mass is 32.2. The summed E-state index contributed by atoms with van der Waals surface area (Å²) in [5, 5.41) is 8.53. The van der Waals surface area contributed by atoms with Gasteiger partial charge in [0.2, 0.25) is 5.91 Å². The molecule has 0 aromatic carbocycles. The molecule has 1 heterocycles. The van der Waals surface area contributed by atoms with Crippen LogP contribution in [0, 0.1) is 0 Å². The lowest BCUT2D eigenvalue weighted by Gasteiger charge is -2.15. The summed E-state index contributed by atoms with van der Waals surface area (Å²) in [7, 11) is 0. The van der Waals surface area contributed by atoms with Gasteiger partial charge in [0.15, 0.2) is 0 Å². The van der Waals surface area contributed by atoms with Crippen LogP contribution in [0.5, 0.6) is 0 Å². The van der Waals surface area contributed by atoms with Gasteiger partial charge in [-0.05, 0) is 12.8 Å². The molecule has 3 N–H and O–H groups in total. The lowest BCUT2D eigenvalue weighted by Crippen LogP contribution is -2.34. The van der Waals surface area contributed by atoms with Gasteiger partial charge in [0.25, 0.3) is 0 Å². The third kappa shape index (κ3) is 4.09. The largest absolute Gasteiger partial charge is 0.480 e. The molecule has 1 fully saturated rings. The summed E-state index contributed by atoms with van der Waals surface area (Å²) in [6, 6.07) is -0.874. The third-order valence-corrected chi connectivity index (χ3v) is 3.34. The van der Waals surface area contributed by atoms with Crippen molar-refractivity contribution >= 4 is 23.6 Å². The topological polar surface area (TPSA) is 83.6 Å². The van der Waals surface area contributed by atoms with E-state index in [9.17, 15) is 9.59 Å². The minimum Gasteiger partial charge on any atom is -0.480 e. The maximum atomic E-state index is 11.5. The second-order valence-corrected chi connectivity index (χ2v) is 4.58. The summed E-state index contributed by atoms with van der Waals surface area (Å²) in [6.07, 6.45) is 2.15. The summed E-state index contributed by atoms with van der Waals surface area (Å²) in [5.74, 6) is -0.304. The monoisotopic (exact) mass is 232 g/mol. The minimum atomic E-state index is -1.02. The van der Waals surface area contributed by atoms with E-state index in [0.717, 1.165) is 25.9 Å². The first-order chi connectivity index (χ1) is 7.11. The molecule has 1 aliphatic rings. The molecule has 86 valence electrons. The smallest absolute Gasteiger partial charge is 0.321 e. The molecule has 1 rings (SSSR count). The quantitative estimate of drug-likeness (QED) is 0.683. The number of rotatable bonds is 5. The Labute approximate surface area is 93.0 Å². The fourth-order valence-electron chi connectivity index (χ4n) is 1.40. The van der Waals surface area contributed by atoms with Crippen LogP contribution in [0.15, 0.2) is 0 Å². The Bertz CT molecular complexity index is 242. The van der Waals surface area contributed by atoms with E-state index in [1.807, 2.05) is 4.90 Å². The van der Waals surface area contributed by atoms with Crippen molar-refractivity contribution in [3.05, 3.63) is 0 Å². The molecule has 0 spiro atoms. The summed E-state index contributed by atoms with van der Waals surface area (Å²) in [4.78, 5) is 23.7. The fourth-order valence-corrected chi connectivity index (χ4v) is 2.27. The highest BCUT2D eigenvalue weighted by Crippen LogP contribution is 2.10. The van der Waals surface area contributed by atoms with Crippen LogP contribution >= 0.6 is 11.8 Å². The number of carboxylic acid groups (broad SMARTS) is 1. The van der Waals surface area contributed by atoms with Crippen molar-refractivity contribution in [3.8, 4) is 0 Å². The van der Waals surface area contributed by atoms with Crippen molar-refractivity contribution in [2.24, 2.45) is 5.73 Å². The van der Waals surface area contributed by atoms with Crippen molar-refractivity contribution < 1.29 is 14.7 Å². The number of hydrogen-bond donors (Lipinski definition) is 2. The van der Waals surface area contributed by atoms with Crippen LogP contribution in [0.1, 0.15) is 12.8 Å². The molecule has 0 radical (unpaired) electrons. The Balaban J connectivity index is 2.14. The average molecular weight is 232 g/mol. The molecule has 0 aromatic rings. The van der Waals surface area contributed by atoms with Crippen LogP contribution in [0.3, 0.4) is 0 Å². The Morgan fingerprint density at radius 2 is 2.00 bits per heavy atom. The van der Waals surface area contributed by atoms with Gasteiger partial charge < -0.3 is 15.7 Å². The number of nitrogens with two attached hydrogens (primary N) is 1. The zero-order valence-corrected chi connectivity index (χ0v) is 9.33. The Hall–Kier alpha value is -0.750. The molecule has 15 heavy (non-hydrogen) atoms. The normalized spacial score (nSPS) is 17.8. The van der Waals surface area contributed by atoms with Crippen LogP contribution in [0.4, 0.5) is 0 Å². The van der Waals surface area contributed by atoms with Gasteiger partial charge in [-0.3, -0.25) is 9.59 Å². The summed E-state index contributed by atoms with van der Waals surface area (Å²) in [5.41, 5.74) is 5.31. The molecule has 0 aliphatic carbocycles. The first-order valence-electron chi connectivity index (χ1n) is 4.95. The van der Waals surface area contributed by atoms with Crippen molar-refractivity contribution in [1.29, 1.82) is 0 Å². The fraction of sp³-hybridized carbons (Fsp3) is 0.778. The highest BCUT2D eigenvalue weighted by Gasteiger charge is 2.18. The molecule has 5 nitrogen and oxygen atoms in total. The molecule has 6 heteroatoms. The maximum absolute atomic E-state index is 11.5. The SMILES string of the molecule is N[C@@H](CSCC(=O)N1CCCC1)C(=O)O. The maximum Gasteiger partial charge on any atom is 0.321 e. The number of likely N-dealkylation sites (tertiary alicyclic amines) is 1. The zero-order valence-electron chi connectivity index (χ0n) is 8.52. The molecule has 1 saturated heterocycles. The summed E-state index contributed by atoms with van der Waals surface area (Å²) >= 11 is 1.29. The van der Waals surface area contributed by atoms with E-state index >= 15 is 0 Å². The molecule has 0 aromatic heterocycles. The highest BCUT2D eigenvalue weighted by molar-refractivity contribution is 8.00. The van der Waals surface area contributed by atoms with Crippen LogP contribution in [-0.2, 0) is 9.59 Å². The minimum absolute atomic E-state index is 0.0927. The molecule has 1 amide bonds. The first-order valence-corrected chi connectivity index (χ1v) is 6.10. The number of hydrogen-bond acceptors (Lipinski definition) is 4. The number of carbonyl (C=O) groups excluding carboxylic acids is 1. The van der Waals surface area contributed by atoms with Gasteiger partial charge in [-0.1, -0.05) is 0 Å². The van der Waals surface area contributed by atoms with E-state index in [2.05, 4.69) is 0 Å². The van der Waals surface area contributed by atoms with Crippen molar-refractivity contribution in [1.82, 2.24) is 4.90 Å². The predicted octanol–water partition coefficient (Wildman–Crippen LogP) is -0.246.